The van der Waals surface area contributed by atoms with Gasteiger partial charge >= 0.3 is 0 Å². The summed E-state index contributed by atoms with van der Waals surface area (Å²) in [6.07, 6.45) is 12.5. The second kappa shape index (κ2) is 5.09. The van der Waals surface area contributed by atoms with E-state index in [1.165, 1.54) is 38.5 Å². The van der Waals surface area contributed by atoms with Crippen molar-refractivity contribution in [3.05, 3.63) is 11.6 Å². The van der Waals surface area contributed by atoms with Gasteiger partial charge in [0.25, 0.3) is 0 Å². The minimum absolute atomic E-state index is 0.0243. The molecule has 21 heavy (non-hydrogen) atoms. The fourth-order valence-electron chi connectivity index (χ4n) is 6.79. The second-order valence-corrected chi connectivity index (χ2v) is 8.15. The largest absolute Gasteiger partial charge is 0.393 e. The van der Waals surface area contributed by atoms with Crippen LogP contribution in [0.3, 0.4) is 0 Å². The summed E-state index contributed by atoms with van der Waals surface area (Å²) in [6, 6.07) is 0. The highest BCUT2D eigenvalue weighted by atomic mass is 16.3. The molecule has 4 rings (SSSR count). The van der Waals surface area contributed by atoms with Gasteiger partial charge < -0.3 is 10.2 Å². The summed E-state index contributed by atoms with van der Waals surface area (Å²) in [5.41, 5.74) is 1.68. The van der Waals surface area contributed by atoms with Crippen LogP contribution in [-0.4, -0.2) is 22.4 Å². The number of allylic oxidation sites excluding steroid dienone is 2. The van der Waals surface area contributed by atoms with Crippen LogP contribution in [0.25, 0.3) is 0 Å². The summed E-state index contributed by atoms with van der Waals surface area (Å²) >= 11 is 0. The van der Waals surface area contributed by atoms with Gasteiger partial charge in [0.05, 0.1) is 12.2 Å². The fraction of sp³-hybridized carbons (Fsp3) is 0.895. The molecule has 0 aliphatic heterocycles. The van der Waals surface area contributed by atoms with Gasteiger partial charge in [-0.15, -0.1) is 0 Å². The molecule has 2 N–H and O–H groups in total. The second-order valence-electron chi connectivity index (χ2n) is 8.15. The van der Waals surface area contributed by atoms with Gasteiger partial charge in [0.1, 0.15) is 0 Å². The van der Waals surface area contributed by atoms with E-state index < -0.39 is 0 Å². The lowest BCUT2D eigenvalue weighted by Gasteiger charge is -2.56. The molecule has 7 atom stereocenters. The van der Waals surface area contributed by atoms with Crippen LogP contribution in [0.15, 0.2) is 11.6 Å². The van der Waals surface area contributed by atoms with Crippen molar-refractivity contribution in [1.29, 1.82) is 0 Å². The van der Waals surface area contributed by atoms with Gasteiger partial charge in [-0.2, -0.15) is 0 Å². The SMILES string of the molecule is CCC12C[C@@H](O)[C@@H]3C4CCCC=C4CCC3[C@@H]1CCC2O. The Kier molecular flexibility index (Phi) is 3.46. The third-order valence-electron chi connectivity index (χ3n) is 7.69. The standard InChI is InChI=1S/C19H30O2/c1-2-19-11-16(20)18-13-6-4-3-5-12(13)7-8-14(18)15(19)9-10-17(19)21/h5,13-18,20-21H,2-4,6-11H2,1H3/t13?,14?,15-,16+,17?,18+,19?/m0/s1. The van der Waals surface area contributed by atoms with E-state index in [0.29, 0.717) is 23.7 Å². The average molecular weight is 290 g/mol. The molecule has 0 bridgehead atoms. The van der Waals surface area contributed by atoms with E-state index in [-0.39, 0.29) is 17.6 Å². The van der Waals surface area contributed by atoms with Crippen LogP contribution in [0.4, 0.5) is 0 Å². The molecule has 0 saturated heterocycles. The molecule has 0 aromatic rings. The molecule has 0 spiro atoms. The maximum absolute atomic E-state index is 11.0. The van der Waals surface area contributed by atoms with Gasteiger partial charge in [0.15, 0.2) is 0 Å². The van der Waals surface area contributed by atoms with E-state index >= 15 is 0 Å². The van der Waals surface area contributed by atoms with E-state index in [0.717, 1.165) is 19.3 Å². The zero-order chi connectivity index (χ0) is 14.6. The monoisotopic (exact) mass is 290 g/mol. The molecule has 0 aromatic carbocycles. The van der Waals surface area contributed by atoms with Crippen molar-refractivity contribution in [3.63, 3.8) is 0 Å². The minimum atomic E-state index is -0.189. The third kappa shape index (κ3) is 1.91. The van der Waals surface area contributed by atoms with Gasteiger partial charge in [0.2, 0.25) is 0 Å². The van der Waals surface area contributed by atoms with Crippen molar-refractivity contribution < 1.29 is 10.2 Å². The van der Waals surface area contributed by atoms with Gasteiger partial charge in [-0.3, -0.25) is 0 Å². The number of aliphatic hydroxyl groups is 2. The zero-order valence-electron chi connectivity index (χ0n) is 13.3. The van der Waals surface area contributed by atoms with E-state index in [1.54, 1.807) is 5.57 Å². The highest BCUT2D eigenvalue weighted by Crippen LogP contribution is 2.63. The van der Waals surface area contributed by atoms with Crippen LogP contribution in [0.5, 0.6) is 0 Å². The summed E-state index contributed by atoms with van der Waals surface area (Å²) in [5, 5.41) is 21.6. The van der Waals surface area contributed by atoms with Gasteiger partial charge in [-0.25, -0.2) is 0 Å². The Labute approximate surface area is 128 Å². The van der Waals surface area contributed by atoms with Gasteiger partial charge in [-0.1, -0.05) is 18.6 Å². The van der Waals surface area contributed by atoms with Crippen LogP contribution in [-0.2, 0) is 0 Å². The summed E-state index contributed by atoms with van der Waals surface area (Å²) in [7, 11) is 0. The van der Waals surface area contributed by atoms with E-state index in [2.05, 4.69) is 13.0 Å². The molecule has 2 heteroatoms. The first-order chi connectivity index (χ1) is 10.2. The first-order valence-electron chi connectivity index (χ1n) is 9.22. The fourth-order valence-corrected chi connectivity index (χ4v) is 6.79. The summed E-state index contributed by atoms with van der Waals surface area (Å²) < 4.78 is 0. The maximum atomic E-state index is 11.0. The molecule has 3 saturated carbocycles. The molecule has 0 radical (unpaired) electrons. The lowest BCUT2D eigenvalue weighted by Crippen LogP contribution is -2.54. The lowest BCUT2D eigenvalue weighted by atomic mass is 9.50. The highest BCUT2D eigenvalue weighted by Gasteiger charge is 2.59. The Bertz CT molecular complexity index is 443. The molecule has 4 aliphatic carbocycles. The quantitative estimate of drug-likeness (QED) is 0.723. The van der Waals surface area contributed by atoms with Crippen molar-refractivity contribution >= 4 is 0 Å². The van der Waals surface area contributed by atoms with Crippen LogP contribution in [0.2, 0.25) is 0 Å². The van der Waals surface area contributed by atoms with Crippen LogP contribution in [0, 0.1) is 29.1 Å². The Morgan fingerprint density at radius 2 is 2.05 bits per heavy atom. The van der Waals surface area contributed by atoms with Crippen molar-refractivity contribution in [3.8, 4) is 0 Å². The highest BCUT2D eigenvalue weighted by molar-refractivity contribution is 5.20. The van der Waals surface area contributed by atoms with Crippen molar-refractivity contribution in [2.24, 2.45) is 29.1 Å². The van der Waals surface area contributed by atoms with E-state index in [1.807, 2.05) is 0 Å². The number of hydrogen-bond donors (Lipinski definition) is 2. The average Bonchev–Trinajstić information content (AvgIpc) is 2.84. The summed E-state index contributed by atoms with van der Waals surface area (Å²) in [5.74, 6) is 2.46. The molecule has 4 unspecified atom stereocenters. The van der Waals surface area contributed by atoms with E-state index in [9.17, 15) is 10.2 Å². The third-order valence-corrected chi connectivity index (χ3v) is 7.69. The molecule has 0 amide bonds. The predicted octanol–water partition coefficient (Wildman–Crippen LogP) is 3.67. The molecular formula is C19H30O2. The lowest BCUT2D eigenvalue weighted by molar-refractivity contribution is -0.129. The normalized spacial score (nSPS) is 52.6. The van der Waals surface area contributed by atoms with Crippen LogP contribution in [0.1, 0.15) is 64.7 Å². The minimum Gasteiger partial charge on any atom is -0.393 e. The summed E-state index contributed by atoms with van der Waals surface area (Å²) in [4.78, 5) is 0. The van der Waals surface area contributed by atoms with Crippen LogP contribution < -0.4 is 0 Å². The maximum Gasteiger partial charge on any atom is 0.0600 e. The van der Waals surface area contributed by atoms with Crippen molar-refractivity contribution in [2.75, 3.05) is 0 Å². The molecular weight excluding hydrogens is 260 g/mol. The Hall–Kier alpha value is -0.340. The molecule has 4 aliphatic rings. The molecule has 0 aromatic heterocycles. The Morgan fingerprint density at radius 1 is 1.19 bits per heavy atom. The first kappa shape index (κ1) is 14.3. The molecule has 2 nitrogen and oxygen atoms in total. The van der Waals surface area contributed by atoms with E-state index in [4.69, 9.17) is 0 Å². The predicted molar refractivity (Wildman–Crippen MR) is 83.7 cm³/mol. The molecule has 0 heterocycles. The van der Waals surface area contributed by atoms with Gasteiger partial charge in [-0.05, 0) is 81.5 Å². The zero-order valence-corrected chi connectivity index (χ0v) is 13.3. The van der Waals surface area contributed by atoms with Crippen molar-refractivity contribution in [2.45, 2.75) is 76.9 Å². The number of aliphatic hydroxyl groups excluding tert-OH is 2. The molecule has 118 valence electrons. The Balaban J connectivity index is 1.69. The van der Waals surface area contributed by atoms with Crippen molar-refractivity contribution in [1.82, 2.24) is 0 Å². The van der Waals surface area contributed by atoms with Crippen LogP contribution >= 0.6 is 0 Å². The summed E-state index contributed by atoms with van der Waals surface area (Å²) in [6.45, 7) is 2.23. The number of hydrogen-bond acceptors (Lipinski definition) is 2. The smallest absolute Gasteiger partial charge is 0.0600 e. The number of fused-ring (bicyclic) bond motifs is 5. The number of rotatable bonds is 1. The van der Waals surface area contributed by atoms with Gasteiger partial charge in [0, 0.05) is 5.41 Å². The first-order valence-corrected chi connectivity index (χ1v) is 9.22. The Morgan fingerprint density at radius 3 is 2.86 bits per heavy atom. The topological polar surface area (TPSA) is 40.5 Å². The molecule has 3 fully saturated rings.